The molecule has 1 aromatic heterocycles. The maximum atomic E-state index is 12.5. The molecule has 1 aromatic carbocycles. The smallest absolute Gasteiger partial charge is 0.313 e. The van der Waals surface area contributed by atoms with E-state index in [1.54, 1.807) is 36.7 Å². The van der Waals surface area contributed by atoms with Gasteiger partial charge in [0.05, 0.1) is 13.2 Å². The number of amides is 2. The fourth-order valence-corrected chi connectivity index (χ4v) is 3.02. The summed E-state index contributed by atoms with van der Waals surface area (Å²) in [5.74, 6) is 0.502. The van der Waals surface area contributed by atoms with Gasteiger partial charge in [-0.05, 0) is 32.0 Å². The Labute approximate surface area is 169 Å². The second kappa shape index (κ2) is 9.72. The molecule has 1 saturated heterocycles. The molecule has 9 nitrogen and oxygen atoms in total. The van der Waals surface area contributed by atoms with Crippen LogP contribution < -0.4 is 19.7 Å². The van der Waals surface area contributed by atoms with Gasteiger partial charge in [0.15, 0.2) is 11.5 Å². The van der Waals surface area contributed by atoms with Crippen LogP contribution in [0.1, 0.15) is 13.8 Å². The Hall–Kier alpha value is -3.36. The van der Waals surface area contributed by atoms with Crippen LogP contribution in [0.2, 0.25) is 0 Å². The third-order valence-electron chi connectivity index (χ3n) is 4.40. The number of hydrogen-bond acceptors (Lipinski definition) is 7. The summed E-state index contributed by atoms with van der Waals surface area (Å²) >= 11 is 0. The van der Waals surface area contributed by atoms with Gasteiger partial charge in [0.2, 0.25) is 5.95 Å². The standard InChI is InChI=1S/C20H25N5O4/c1-3-28-16-7-6-15(14-17(16)29-4-2)23-18(26)19(27)24-10-12-25(13-11-24)20-21-8-5-9-22-20/h5-9,14H,3-4,10-13H2,1-2H3,(H,23,26). The van der Waals surface area contributed by atoms with Crippen LogP contribution in [0.4, 0.5) is 11.6 Å². The molecular weight excluding hydrogens is 374 g/mol. The number of aromatic nitrogens is 2. The minimum Gasteiger partial charge on any atom is -0.490 e. The van der Waals surface area contributed by atoms with Gasteiger partial charge in [0.1, 0.15) is 0 Å². The Morgan fingerprint density at radius 3 is 2.31 bits per heavy atom. The minimum absolute atomic E-state index is 0.429. The van der Waals surface area contributed by atoms with Crippen molar-refractivity contribution in [2.45, 2.75) is 13.8 Å². The van der Waals surface area contributed by atoms with Gasteiger partial charge < -0.3 is 24.6 Å². The number of benzene rings is 1. The molecule has 0 unspecified atom stereocenters. The van der Waals surface area contributed by atoms with Crippen molar-refractivity contribution in [1.82, 2.24) is 14.9 Å². The molecule has 0 atom stereocenters. The molecule has 1 aliphatic heterocycles. The van der Waals surface area contributed by atoms with E-state index in [0.29, 0.717) is 62.5 Å². The first-order valence-corrected chi connectivity index (χ1v) is 9.64. The lowest BCUT2D eigenvalue weighted by Gasteiger charge is -2.34. The van der Waals surface area contributed by atoms with Crippen LogP contribution in [0, 0.1) is 0 Å². The molecule has 1 fully saturated rings. The van der Waals surface area contributed by atoms with E-state index in [4.69, 9.17) is 9.47 Å². The maximum Gasteiger partial charge on any atom is 0.313 e. The second-order valence-corrected chi connectivity index (χ2v) is 6.31. The summed E-state index contributed by atoms with van der Waals surface area (Å²) in [6, 6.07) is 6.81. The molecule has 2 heterocycles. The normalized spacial score (nSPS) is 13.7. The average molecular weight is 399 g/mol. The van der Waals surface area contributed by atoms with Gasteiger partial charge in [-0.15, -0.1) is 0 Å². The van der Waals surface area contributed by atoms with Gasteiger partial charge in [-0.2, -0.15) is 0 Å². The molecule has 3 rings (SSSR count). The number of rotatable bonds is 6. The number of carbonyl (C=O) groups excluding carboxylic acids is 2. The highest BCUT2D eigenvalue weighted by Gasteiger charge is 2.27. The summed E-state index contributed by atoms with van der Waals surface area (Å²) < 4.78 is 11.1. The number of carbonyl (C=O) groups is 2. The second-order valence-electron chi connectivity index (χ2n) is 6.31. The summed E-state index contributed by atoms with van der Waals surface area (Å²) in [6.07, 6.45) is 3.36. The van der Waals surface area contributed by atoms with Gasteiger partial charge in [-0.25, -0.2) is 9.97 Å². The van der Waals surface area contributed by atoms with Crippen LogP contribution in [0.3, 0.4) is 0 Å². The van der Waals surface area contributed by atoms with E-state index in [1.807, 2.05) is 18.7 Å². The summed E-state index contributed by atoms with van der Waals surface area (Å²) in [6.45, 7) is 6.71. The fraction of sp³-hybridized carbons (Fsp3) is 0.400. The van der Waals surface area contributed by atoms with Crippen molar-refractivity contribution in [3.05, 3.63) is 36.7 Å². The molecule has 0 bridgehead atoms. The van der Waals surface area contributed by atoms with E-state index < -0.39 is 11.8 Å². The van der Waals surface area contributed by atoms with Crippen molar-refractivity contribution in [2.75, 3.05) is 49.6 Å². The van der Waals surface area contributed by atoms with Crippen molar-refractivity contribution in [2.24, 2.45) is 0 Å². The van der Waals surface area contributed by atoms with Gasteiger partial charge >= 0.3 is 11.8 Å². The van der Waals surface area contributed by atoms with E-state index in [2.05, 4.69) is 15.3 Å². The Kier molecular flexibility index (Phi) is 6.83. The minimum atomic E-state index is -0.680. The molecule has 29 heavy (non-hydrogen) atoms. The Bertz CT molecular complexity index is 838. The van der Waals surface area contributed by atoms with Crippen LogP contribution in [0.25, 0.3) is 0 Å². The summed E-state index contributed by atoms with van der Waals surface area (Å²) in [5, 5.41) is 2.65. The topological polar surface area (TPSA) is 96.9 Å². The molecule has 2 amide bonds. The lowest BCUT2D eigenvalue weighted by atomic mass is 10.2. The van der Waals surface area contributed by atoms with Crippen LogP contribution in [0.5, 0.6) is 11.5 Å². The number of nitrogens with one attached hydrogen (secondary N) is 1. The zero-order valence-electron chi connectivity index (χ0n) is 16.6. The molecule has 1 N–H and O–H groups in total. The Morgan fingerprint density at radius 1 is 1.00 bits per heavy atom. The Balaban J connectivity index is 1.58. The number of piperazine rings is 1. The zero-order chi connectivity index (χ0) is 20.6. The third-order valence-corrected chi connectivity index (χ3v) is 4.40. The molecule has 1 aliphatic rings. The van der Waals surface area contributed by atoms with Crippen molar-refractivity contribution < 1.29 is 19.1 Å². The zero-order valence-corrected chi connectivity index (χ0v) is 16.6. The lowest BCUT2D eigenvalue weighted by molar-refractivity contribution is -0.143. The summed E-state index contributed by atoms with van der Waals surface area (Å²) in [4.78, 5) is 36.9. The van der Waals surface area contributed by atoms with Crippen molar-refractivity contribution >= 4 is 23.5 Å². The van der Waals surface area contributed by atoms with Crippen molar-refractivity contribution in [3.63, 3.8) is 0 Å². The first-order valence-electron chi connectivity index (χ1n) is 9.64. The number of anilines is 2. The molecule has 0 aliphatic carbocycles. The number of hydrogen-bond donors (Lipinski definition) is 1. The third kappa shape index (κ3) is 5.13. The van der Waals surface area contributed by atoms with Crippen LogP contribution >= 0.6 is 0 Å². The van der Waals surface area contributed by atoms with E-state index in [1.165, 1.54) is 4.90 Å². The fourth-order valence-electron chi connectivity index (χ4n) is 3.02. The largest absolute Gasteiger partial charge is 0.490 e. The SMILES string of the molecule is CCOc1ccc(NC(=O)C(=O)N2CCN(c3ncccn3)CC2)cc1OCC. The molecule has 0 spiro atoms. The highest BCUT2D eigenvalue weighted by molar-refractivity contribution is 6.39. The average Bonchev–Trinajstić information content (AvgIpc) is 2.76. The van der Waals surface area contributed by atoms with Gasteiger partial charge in [0.25, 0.3) is 0 Å². The number of nitrogens with zero attached hydrogens (tertiary/aromatic N) is 4. The van der Waals surface area contributed by atoms with Crippen molar-refractivity contribution in [3.8, 4) is 11.5 Å². The molecule has 154 valence electrons. The molecular formula is C20H25N5O4. The van der Waals surface area contributed by atoms with Crippen LogP contribution in [-0.4, -0.2) is 66.1 Å². The summed E-state index contributed by atoms with van der Waals surface area (Å²) in [7, 11) is 0. The molecule has 0 radical (unpaired) electrons. The van der Waals surface area contributed by atoms with E-state index in [9.17, 15) is 9.59 Å². The van der Waals surface area contributed by atoms with E-state index >= 15 is 0 Å². The Morgan fingerprint density at radius 2 is 1.66 bits per heavy atom. The van der Waals surface area contributed by atoms with E-state index in [0.717, 1.165) is 0 Å². The highest BCUT2D eigenvalue weighted by Crippen LogP contribution is 2.30. The van der Waals surface area contributed by atoms with E-state index in [-0.39, 0.29) is 0 Å². The molecule has 2 aromatic rings. The van der Waals surface area contributed by atoms with Crippen LogP contribution in [0.15, 0.2) is 36.7 Å². The highest BCUT2D eigenvalue weighted by atomic mass is 16.5. The van der Waals surface area contributed by atoms with Gasteiger partial charge in [0, 0.05) is 50.3 Å². The first kappa shape index (κ1) is 20.4. The quantitative estimate of drug-likeness (QED) is 0.736. The van der Waals surface area contributed by atoms with Gasteiger partial charge in [-0.1, -0.05) is 0 Å². The molecule has 9 heteroatoms. The maximum absolute atomic E-state index is 12.5. The summed E-state index contributed by atoms with van der Waals surface area (Å²) in [5.41, 5.74) is 0.478. The predicted molar refractivity (Wildman–Crippen MR) is 108 cm³/mol. The monoisotopic (exact) mass is 399 g/mol. The van der Waals surface area contributed by atoms with Crippen LogP contribution in [-0.2, 0) is 9.59 Å². The van der Waals surface area contributed by atoms with Gasteiger partial charge in [-0.3, -0.25) is 9.59 Å². The number of ether oxygens (including phenoxy) is 2. The molecule has 0 saturated carbocycles. The van der Waals surface area contributed by atoms with Crippen molar-refractivity contribution in [1.29, 1.82) is 0 Å². The predicted octanol–water partition coefficient (Wildman–Crippen LogP) is 1.56. The first-order chi connectivity index (χ1) is 14.1. The lowest BCUT2D eigenvalue weighted by Crippen LogP contribution is -2.52.